The quantitative estimate of drug-likeness (QED) is 0.379. The number of nitrogen functional groups attached to an aromatic ring is 1. The summed E-state index contributed by atoms with van der Waals surface area (Å²) >= 11 is 0. The molecule has 1 heterocycles. The molecule has 8 heteroatoms. The maximum absolute atomic E-state index is 11.5. The molecule has 8 nitrogen and oxygen atoms in total. The number of hydrogen-bond donors (Lipinski definition) is 3. The average Bonchev–Trinajstić information content (AvgIpc) is 2.50. The van der Waals surface area contributed by atoms with Crippen LogP contribution in [0.4, 0.5) is 0 Å². The lowest BCUT2D eigenvalue weighted by Gasteiger charge is -2.08. The van der Waals surface area contributed by atoms with Crippen LogP contribution in [0.1, 0.15) is 10.4 Å². The number of amides is 1. The van der Waals surface area contributed by atoms with Crippen molar-refractivity contribution in [2.45, 2.75) is 6.54 Å². The molecule has 110 valence electrons. The molecule has 0 unspecified atom stereocenters. The highest BCUT2D eigenvalue weighted by Gasteiger charge is 2.04. The number of nitrogens with zero attached hydrogens (tertiary/aromatic N) is 1. The average molecular weight is 290 g/mol. The first-order chi connectivity index (χ1) is 10.1. The monoisotopic (exact) mass is 290 g/mol. The van der Waals surface area contributed by atoms with Gasteiger partial charge in [0.25, 0.3) is 17.0 Å². The highest BCUT2D eigenvalue weighted by atomic mass is 16.5. The van der Waals surface area contributed by atoms with Crippen LogP contribution in [0, 0.1) is 0 Å². The fourth-order valence-corrected chi connectivity index (χ4v) is 1.69. The van der Waals surface area contributed by atoms with Gasteiger partial charge in [-0.3, -0.25) is 24.9 Å². The Balaban J connectivity index is 2.00. The van der Waals surface area contributed by atoms with E-state index >= 15 is 0 Å². The second-order valence-electron chi connectivity index (χ2n) is 4.15. The summed E-state index contributed by atoms with van der Waals surface area (Å²) < 4.78 is 6.59. The number of benzene rings is 1. The normalized spacial score (nSPS) is 10.1. The first-order valence-corrected chi connectivity index (χ1v) is 6.14. The van der Waals surface area contributed by atoms with E-state index < -0.39 is 5.91 Å². The third kappa shape index (κ3) is 3.80. The molecule has 2 rings (SSSR count). The SMILES string of the molecule is NNC(=O)c1cccc(OCCn2[nH]c(=O)ccc2=O)c1. The molecule has 0 saturated heterocycles. The van der Waals surface area contributed by atoms with Crippen molar-refractivity contribution in [3.05, 3.63) is 62.7 Å². The zero-order chi connectivity index (χ0) is 15.2. The van der Waals surface area contributed by atoms with Gasteiger partial charge < -0.3 is 4.74 Å². The lowest BCUT2D eigenvalue weighted by atomic mass is 10.2. The van der Waals surface area contributed by atoms with Crippen molar-refractivity contribution in [3.8, 4) is 5.75 Å². The van der Waals surface area contributed by atoms with Crippen LogP contribution >= 0.6 is 0 Å². The fourth-order valence-electron chi connectivity index (χ4n) is 1.69. The van der Waals surface area contributed by atoms with Crippen molar-refractivity contribution in [2.75, 3.05) is 6.61 Å². The molecular weight excluding hydrogens is 276 g/mol. The Labute approximate surface area is 119 Å². The van der Waals surface area contributed by atoms with Gasteiger partial charge in [-0.2, -0.15) is 0 Å². The minimum Gasteiger partial charge on any atom is -0.492 e. The molecule has 0 bridgehead atoms. The Morgan fingerprint density at radius 1 is 1.29 bits per heavy atom. The second kappa shape index (κ2) is 6.53. The van der Waals surface area contributed by atoms with E-state index in [0.29, 0.717) is 11.3 Å². The molecule has 2 aromatic rings. The van der Waals surface area contributed by atoms with Crippen LogP contribution in [0.5, 0.6) is 5.75 Å². The number of carbonyl (C=O) groups excluding carboxylic acids is 1. The Morgan fingerprint density at radius 3 is 2.86 bits per heavy atom. The van der Waals surface area contributed by atoms with Crippen LogP contribution in [-0.4, -0.2) is 22.3 Å². The zero-order valence-corrected chi connectivity index (χ0v) is 11.0. The third-order valence-electron chi connectivity index (χ3n) is 2.70. The topological polar surface area (TPSA) is 119 Å². The smallest absolute Gasteiger partial charge is 0.265 e. The van der Waals surface area contributed by atoms with Gasteiger partial charge in [0.15, 0.2) is 0 Å². The molecule has 0 fully saturated rings. The Kier molecular flexibility index (Phi) is 4.52. The highest BCUT2D eigenvalue weighted by molar-refractivity contribution is 5.94. The van der Waals surface area contributed by atoms with Gasteiger partial charge in [0, 0.05) is 17.7 Å². The number of ether oxygens (including phenoxy) is 1. The molecule has 0 spiro atoms. The summed E-state index contributed by atoms with van der Waals surface area (Å²) in [5, 5.41) is 2.39. The van der Waals surface area contributed by atoms with Crippen LogP contribution in [0.3, 0.4) is 0 Å². The fraction of sp³-hybridized carbons (Fsp3) is 0.154. The van der Waals surface area contributed by atoms with Crippen molar-refractivity contribution in [1.82, 2.24) is 15.2 Å². The van der Waals surface area contributed by atoms with E-state index in [-0.39, 0.29) is 24.3 Å². The number of nitrogens with one attached hydrogen (secondary N) is 2. The van der Waals surface area contributed by atoms with Gasteiger partial charge in [0.05, 0.1) is 6.54 Å². The standard InChI is InChI=1S/C13H14N4O4/c14-15-13(20)9-2-1-3-10(8-9)21-7-6-17-12(19)5-4-11(18)16-17/h1-5,8H,6-7,14H2,(H,15,20)(H,16,18). The molecule has 0 radical (unpaired) electrons. The maximum atomic E-state index is 11.5. The van der Waals surface area contributed by atoms with Gasteiger partial charge in [-0.15, -0.1) is 0 Å². The molecule has 1 aromatic carbocycles. The van der Waals surface area contributed by atoms with E-state index in [1.54, 1.807) is 18.2 Å². The van der Waals surface area contributed by atoms with Crippen LogP contribution < -0.4 is 27.1 Å². The summed E-state index contributed by atoms with van der Waals surface area (Å²) in [6.07, 6.45) is 0. The van der Waals surface area contributed by atoms with Crippen molar-refractivity contribution < 1.29 is 9.53 Å². The molecule has 1 aromatic heterocycles. The third-order valence-corrected chi connectivity index (χ3v) is 2.70. The number of nitrogens with two attached hydrogens (primary N) is 1. The van der Waals surface area contributed by atoms with Crippen LogP contribution in [0.15, 0.2) is 46.0 Å². The minimum atomic E-state index is -0.427. The number of hydrazine groups is 1. The summed E-state index contributed by atoms with van der Waals surface area (Å²) in [5.74, 6) is 5.08. The molecule has 0 aliphatic carbocycles. The Bertz CT molecular complexity index is 750. The van der Waals surface area contributed by atoms with E-state index in [1.807, 2.05) is 5.43 Å². The maximum Gasteiger partial charge on any atom is 0.265 e. The van der Waals surface area contributed by atoms with Gasteiger partial charge >= 0.3 is 0 Å². The molecule has 4 N–H and O–H groups in total. The van der Waals surface area contributed by atoms with E-state index in [0.717, 1.165) is 10.7 Å². The van der Waals surface area contributed by atoms with Crippen LogP contribution in [-0.2, 0) is 6.54 Å². The van der Waals surface area contributed by atoms with E-state index in [1.165, 1.54) is 12.1 Å². The highest BCUT2D eigenvalue weighted by Crippen LogP contribution is 2.13. The van der Waals surface area contributed by atoms with Gasteiger partial charge in [-0.1, -0.05) is 6.07 Å². The number of H-pyrrole nitrogens is 1. The number of aromatic amines is 1. The van der Waals surface area contributed by atoms with Gasteiger partial charge in [-0.05, 0) is 18.2 Å². The van der Waals surface area contributed by atoms with E-state index in [4.69, 9.17) is 10.6 Å². The molecule has 0 atom stereocenters. The predicted octanol–water partition coefficient (Wildman–Crippen LogP) is -0.781. The first kappa shape index (κ1) is 14.5. The molecule has 1 amide bonds. The zero-order valence-electron chi connectivity index (χ0n) is 11.0. The van der Waals surface area contributed by atoms with Crippen molar-refractivity contribution >= 4 is 5.91 Å². The van der Waals surface area contributed by atoms with Gasteiger partial charge in [-0.25, -0.2) is 10.5 Å². The van der Waals surface area contributed by atoms with Crippen molar-refractivity contribution in [3.63, 3.8) is 0 Å². The lowest BCUT2D eigenvalue weighted by Crippen LogP contribution is -2.30. The van der Waals surface area contributed by atoms with E-state index in [9.17, 15) is 14.4 Å². The van der Waals surface area contributed by atoms with E-state index in [2.05, 4.69) is 5.10 Å². The number of rotatable bonds is 5. The second-order valence-corrected chi connectivity index (χ2v) is 4.15. The van der Waals surface area contributed by atoms with Gasteiger partial charge in [0.2, 0.25) is 0 Å². The van der Waals surface area contributed by atoms with Crippen molar-refractivity contribution in [1.29, 1.82) is 0 Å². The Hall–Kier alpha value is -2.87. The number of carbonyl (C=O) groups is 1. The summed E-state index contributed by atoms with van der Waals surface area (Å²) in [4.78, 5) is 33.9. The molecule has 0 saturated carbocycles. The summed E-state index contributed by atoms with van der Waals surface area (Å²) in [6.45, 7) is 0.343. The Morgan fingerprint density at radius 2 is 2.10 bits per heavy atom. The number of aromatic nitrogens is 2. The molecule has 0 aliphatic heterocycles. The lowest BCUT2D eigenvalue weighted by molar-refractivity contribution is 0.0953. The summed E-state index contributed by atoms with van der Waals surface area (Å²) in [5.41, 5.74) is 1.70. The molecule has 0 aliphatic rings. The largest absolute Gasteiger partial charge is 0.492 e. The van der Waals surface area contributed by atoms with Crippen LogP contribution in [0.2, 0.25) is 0 Å². The van der Waals surface area contributed by atoms with Crippen molar-refractivity contribution in [2.24, 2.45) is 5.84 Å². The molecule has 21 heavy (non-hydrogen) atoms. The molecular formula is C13H14N4O4. The van der Waals surface area contributed by atoms with Crippen LogP contribution in [0.25, 0.3) is 0 Å². The predicted molar refractivity (Wildman–Crippen MR) is 74.9 cm³/mol. The summed E-state index contributed by atoms with van der Waals surface area (Å²) in [6, 6.07) is 8.78. The summed E-state index contributed by atoms with van der Waals surface area (Å²) in [7, 11) is 0. The van der Waals surface area contributed by atoms with Gasteiger partial charge in [0.1, 0.15) is 12.4 Å². The first-order valence-electron chi connectivity index (χ1n) is 6.14. The minimum absolute atomic E-state index is 0.160. The number of hydrogen-bond acceptors (Lipinski definition) is 5.